The van der Waals surface area contributed by atoms with Crippen molar-refractivity contribution in [2.45, 2.75) is 37.5 Å². The number of alkyl halides is 4. The van der Waals surface area contributed by atoms with Crippen molar-refractivity contribution in [2.24, 2.45) is 5.73 Å². The maximum absolute atomic E-state index is 15.3. The Morgan fingerprint density at radius 1 is 1.17 bits per heavy atom. The molecule has 0 amide bonds. The maximum Gasteiger partial charge on any atom is 0.418 e. The fourth-order valence-corrected chi connectivity index (χ4v) is 4.28. The Morgan fingerprint density at radius 2 is 1.83 bits per heavy atom. The van der Waals surface area contributed by atoms with Crippen LogP contribution in [0.4, 0.5) is 22.0 Å². The predicted octanol–water partition coefficient (Wildman–Crippen LogP) is 3.91. The van der Waals surface area contributed by atoms with Crippen LogP contribution in [0.1, 0.15) is 36.3 Å². The molecule has 198 valence electrons. The Labute approximate surface area is 208 Å². The normalized spacial score (nSPS) is 18.6. The van der Waals surface area contributed by atoms with Gasteiger partial charge in [-0.15, -0.1) is 0 Å². The van der Waals surface area contributed by atoms with Crippen molar-refractivity contribution in [1.29, 1.82) is 0 Å². The van der Waals surface area contributed by atoms with Crippen LogP contribution in [-0.4, -0.2) is 51.6 Å². The van der Waals surface area contributed by atoms with Crippen LogP contribution in [0.3, 0.4) is 0 Å². The first kappa shape index (κ1) is 27.9. The van der Waals surface area contributed by atoms with Crippen molar-refractivity contribution in [3.05, 3.63) is 56.6 Å². The SMILES string of the molecule is COC(=O)C1=C(CF)NC(COCCN)=C(C(=O)OC2CCC2)C1c1c(F)ccc(Cl)c1C(F)(F)F. The number of hydrogen-bond donors (Lipinski definition) is 2. The van der Waals surface area contributed by atoms with E-state index >= 15 is 4.39 Å². The van der Waals surface area contributed by atoms with Crippen LogP contribution in [0.25, 0.3) is 0 Å². The minimum Gasteiger partial charge on any atom is -0.466 e. The number of halogens is 6. The van der Waals surface area contributed by atoms with Crippen LogP contribution in [0, 0.1) is 5.82 Å². The standard InChI is InChI=1S/C23H24ClF5N2O5/c1-34-21(32)17-14(9-25)31-15(10-35-8-7-30)18(22(33)36-11-3-2-4-11)19(17)16-13(26)6-5-12(24)20(16)23(27,28)29/h5-6,11,19,31H,2-4,7-10,30H2,1H3. The number of rotatable bonds is 9. The molecule has 1 aliphatic heterocycles. The van der Waals surface area contributed by atoms with Gasteiger partial charge in [0, 0.05) is 12.1 Å². The van der Waals surface area contributed by atoms with E-state index in [1.54, 1.807) is 0 Å². The number of allylic oxidation sites excluding steroid dienone is 1. The summed E-state index contributed by atoms with van der Waals surface area (Å²) in [4.78, 5) is 26.1. The highest BCUT2D eigenvalue weighted by Crippen LogP contribution is 2.48. The Hall–Kier alpha value is -2.70. The van der Waals surface area contributed by atoms with Crippen LogP contribution in [0.15, 0.2) is 34.7 Å². The number of nitrogens with two attached hydrogens (primary N) is 1. The quantitative estimate of drug-likeness (QED) is 0.279. The van der Waals surface area contributed by atoms with Gasteiger partial charge in [0.25, 0.3) is 0 Å². The third-order valence-corrected chi connectivity index (χ3v) is 6.15. The number of methoxy groups -OCH3 is 1. The highest BCUT2D eigenvalue weighted by Gasteiger charge is 2.47. The average molecular weight is 539 g/mol. The lowest BCUT2D eigenvalue weighted by Gasteiger charge is -2.34. The number of nitrogens with one attached hydrogen (secondary N) is 1. The number of hydrogen-bond acceptors (Lipinski definition) is 7. The van der Waals surface area contributed by atoms with Crippen LogP contribution >= 0.6 is 11.6 Å². The molecule has 0 aromatic heterocycles. The van der Waals surface area contributed by atoms with E-state index < -0.39 is 82.2 Å². The Kier molecular flexibility index (Phi) is 8.96. The highest BCUT2D eigenvalue weighted by molar-refractivity contribution is 6.31. The van der Waals surface area contributed by atoms with Gasteiger partial charge in [-0.25, -0.2) is 18.4 Å². The fraction of sp³-hybridized carbons (Fsp3) is 0.478. The molecule has 7 nitrogen and oxygen atoms in total. The predicted molar refractivity (Wildman–Crippen MR) is 118 cm³/mol. The summed E-state index contributed by atoms with van der Waals surface area (Å²) in [7, 11) is 0.914. The largest absolute Gasteiger partial charge is 0.466 e. The Bertz CT molecular complexity index is 1090. The molecule has 1 fully saturated rings. The summed E-state index contributed by atoms with van der Waals surface area (Å²) in [6.07, 6.45) is -3.91. The monoisotopic (exact) mass is 538 g/mol. The van der Waals surface area contributed by atoms with Crippen molar-refractivity contribution in [3.8, 4) is 0 Å². The van der Waals surface area contributed by atoms with Crippen molar-refractivity contribution < 1.29 is 45.8 Å². The molecule has 1 unspecified atom stereocenters. The topological polar surface area (TPSA) is 99.9 Å². The lowest BCUT2D eigenvalue weighted by atomic mass is 9.77. The molecule has 1 heterocycles. The second-order valence-corrected chi connectivity index (χ2v) is 8.49. The van der Waals surface area contributed by atoms with Gasteiger partial charge in [0.1, 0.15) is 18.6 Å². The van der Waals surface area contributed by atoms with Gasteiger partial charge in [0.15, 0.2) is 0 Å². The van der Waals surface area contributed by atoms with E-state index in [1.807, 2.05) is 0 Å². The minimum absolute atomic E-state index is 0.0152. The Balaban J connectivity index is 2.35. The van der Waals surface area contributed by atoms with Gasteiger partial charge >= 0.3 is 18.1 Å². The average Bonchev–Trinajstić information content (AvgIpc) is 2.80. The molecular weight excluding hydrogens is 515 g/mol. The van der Waals surface area contributed by atoms with Crippen molar-refractivity contribution in [2.75, 3.05) is 33.5 Å². The summed E-state index contributed by atoms with van der Waals surface area (Å²) in [6.45, 7) is -1.77. The molecule has 36 heavy (non-hydrogen) atoms. The van der Waals surface area contributed by atoms with E-state index in [-0.39, 0.29) is 18.8 Å². The van der Waals surface area contributed by atoms with Gasteiger partial charge < -0.3 is 25.3 Å². The van der Waals surface area contributed by atoms with Crippen LogP contribution < -0.4 is 11.1 Å². The van der Waals surface area contributed by atoms with E-state index in [2.05, 4.69) is 10.1 Å². The molecule has 0 spiro atoms. The summed E-state index contributed by atoms with van der Waals surface area (Å²) in [5, 5.41) is 1.66. The van der Waals surface area contributed by atoms with Crippen molar-refractivity contribution in [3.63, 3.8) is 0 Å². The molecule has 13 heteroatoms. The molecule has 3 N–H and O–H groups in total. The molecule has 0 bridgehead atoms. The molecule has 3 rings (SSSR count). The molecule has 1 atom stereocenters. The zero-order valence-electron chi connectivity index (χ0n) is 19.1. The second kappa shape index (κ2) is 11.6. The summed E-state index contributed by atoms with van der Waals surface area (Å²) < 4.78 is 87.2. The van der Waals surface area contributed by atoms with Gasteiger partial charge in [-0.1, -0.05) is 11.6 Å². The fourth-order valence-electron chi connectivity index (χ4n) is 4.01. The lowest BCUT2D eigenvalue weighted by molar-refractivity contribution is -0.149. The van der Waals surface area contributed by atoms with Gasteiger partial charge in [0.2, 0.25) is 0 Å². The summed E-state index contributed by atoms with van der Waals surface area (Å²) in [5.74, 6) is -5.88. The van der Waals surface area contributed by atoms with Crippen LogP contribution in [0.5, 0.6) is 0 Å². The summed E-state index contributed by atoms with van der Waals surface area (Å²) >= 11 is 5.84. The van der Waals surface area contributed by atoms with Crippen molar-refractivity contribution >= 4 is 23.5 Å². The third kappa shape index (κ3) is 5.65. The van der Waals surface area contributed by atoms with Gasteiger partial charge in [-0.2, -0.15) is 13.2 Å². The molecule has 2 aliphatic rings. The number of ether oxygens (including phenoxy) is 3. The molecule has 1 aromatic rings. The Morgan fingerprint density at radius 3 is 2.36 bits per heavy atom. The minimum atomic E-state index is -5.20. The first-order valence-electron chi connectivity index (χ1n) is 11.0. The first-order valence-corrected chi connectivity index (χ1v) is 11.3. The van der Waals surface area contributed by atoms with E-state index in [0.29, 0.717) is 25.0 Å². The van der Waals surface area contributed by atoms with E-state index in [9.17, 15) is 27.2 Å². The van der Waals surface area contributed by atoms with E-state index in [4.69, 9.17) is 26.8 Å². The van der Waals surface area contributed by atoms with Gasteiger partial charge in [-0.3, -0.25) is 0 Å². The molecule has 1 saturated carbocycles. The maximum atomic E-state index is 15.3. The summed E-state index contributed by atoms with van der Waals surface area (Å²) in [6, 6.07) is 1.36. The van der Waals surface area contributed by atoms with Crippen LogP contribution in [-0.2, 0) is 30.0 Å². The van der Waals surface area contributed by atoms with E-state index in [1.165, 1.54) is 0 Å². The zero-order chi connectivity index (χ0) is 26.6. The molecule has 0 saturated heterocycles. The lowest BCUT2D eigenvalue weighted by Crippen LogP contribution is -2.38. The second-order valence-electron chi connectivity index (χ2n) is 8.08. The first-order chi connectivity index (χ1) is 17.0. The zero-order valence-corrected chi connectivity index (χ0v) is 19.9. The molecule has 0 radical (unpaired) electrons. The van der Waals surface area contributed by atoms with E-state index in [0.717, 1.165) is 13.5 Å². The van der Waals surface area contributed by atoms with Crippen LogP contribution in [0.2, 0.25) is 5.02 Å². The number of benzene rings is 1. The number of carbonyl (C=O) groups is 2. The molecular formula is C23H24ClF5N2O5. The van der Waals surface area contributed by atoms with Gasteiger partial charge in [-0.05, 0) is 31.4 Å². The highest BCUT2D eigenvalue weighted by atomic mass is 35.5. The number of dihydropyridines is 1. The third-order valence-electron chi connectivity index (χ3n) is 5.84. The van der Waals surface area contributed by atoms with Crippen molar-refractivity contribution in [1.82, 2.24) is 5.32 Å². The number of carbonyl (C=O) groups excluding carboxylic acids is 2. The molecule has 1 aromatic carbocycles. The molecule has 1 aliphatic carbocycles. The summed E-state index contributed by atoms with van der Waals surface area (Å²) in [5.41, 5.74) is 0.650. The van der Waals surface area contributed by atoms with Gasteiger partial charge in [0.05, 0.1) is 59.4 Å². The number of esters is 2. The smallest absolute Gasteiger partial charge is 0.418 e.